The van der Waals surface area contributed by atoms with Crippen molar-refractivity contribution in [1.29, 1.82) is 5.26 Å². The third-order valence-electron chi connectivity index (χ3n) is 5.92. The second-order valence-electron chi connectivity index (χ2n) is 7.52. The molecule has 112 valence electrons. The van der Waals surface area contributed by atoms with Gasteiger partial charge in [0.25, 0.3) is 0 Å². The fourth-order valence-corrected chi connectivity index (χ4v) is 4.88. The van der Waals surface area contributed by atoms with Crippen molar-refractivity contribution in [2.75, 3.05) is 26.7 Å². The van der Waals surface area contributed by atoms with Gasteiger partial charge < -0.3 is 4.90 Å². The summed E-state index contributed by atoms with van der Waals surface area (Å²) in [5.41, 5.74) is -0.291. The lowest BCUT2D eigenvalue weighted by atomic mass is 9.87. The molecule has 3 heteroatoms. The van der Waals surface area contributed by atoms with Crippen molar-refractivity contribution >= 4 is 0 Å². The van der Waals surface area contributed by atoms with Crippen LogP contribution in [0, 0.1) is 35.0 Å². The van der Waals surface area contributed by atoms with Crippen LogP contribution in [-0.4, -0.2) is 37.1 Å². The van der Waals surface area contributed by atoms with E-state index in [0.717, 1.165) is 30.8 Å². The van der Waals surface area contributed by atoms with E-state index in [0.29, 0.717) is 5.92 Å². The van der Waals surface area contributed by atoms with Gasteiger partial charge in [0.15, 0.2) is 0 Å². The van der Waals surface area contributed by atoms with Gasteiger partial charge in [0.05, 0.1) is 6.07 Å². The number of nitrogens with one attached hydrogen (secondary N) is 1. The van der Waals surface area contributed by atoms with E-state index in [1.54, 1.807) is 0 Å². The molecule has 3 aliphatic rings. The monoisotopic (exact) mass is 275 g/mol. The highest BCUT2D eigenvalue weighted by atomic mass is 15.2. The average molecular weight is 275 g/mol. The van der Waals surface area contributed by atoms with Crippen LogP contribution >= 0.6 is 0 Å². The zero-order valence-corrected chi connectivity index (χ0v) is 13.1. The van der Waals surface area contributed by atoms with Gasteiger partial charge in [-0.2, -0.15) is 5.26 Å². The fourth-order valence-electron chi connectivity index (χ4n) is 4.88. The zero-order chi connectivity index (χ0) is 14.2. The van der Waals surface area contributed by atoms with Gasteiger partial charge in [0, 0.05) is 13.1 Å². The zero-order valence-electron chi connectivity index (χ0n) is 13.1. The maximum absolute atomic E-state index is 9.69. The summed E-state index contributed by atoms with van der Waals surface area (Å²) >= 11 is 0. The van der Waals surface area contributed by atoms with Crippen molar-refractivity contribution in [3.8, 4) is 6.07 Å². The lowest BCUT2D eigenvalue weighted by Gasteiger charge is -2.34. The number of nitriles is 1. The molecule has 0 heterocycles. The first-order chi connectivity index (χ1) is 9.66. The maximum atomic E-state index is 9.69. The molecular weight excluding hydrogens is 246 g/mol. The Morgan fingerprint density at radius 1 is 1.25 bits per heavy atom. The molecule has 3 rings (SSSR count). The normalized spacial score (nSPS) is 35.2. The minimum Gasteiger partial charge on any atom is -0.303 e. The minimum atomic E-state index is -0.291. The van der Waals surface area contributed by atoms with Gasteiger partial charge in [-0.3, -0.25) is 5.32 Å². The Bertz CT molecular complexity index is 384. The first-order valence-electron chi connectivity index (χ1n) is 8.51. The standard InChI is InChI=1S/C17H29N3/c1-3-19-17(11-18,16-6-7-16)12-20(2)10-15-9-13-4-5-14(15)8-13/h13-16,19H,3-10,12H2,1-2H3. The minimum absolute atomic E-state index is 0.291. The van der Waals surface area contributed by atoms with Crippen LogP contribution in [0.2, 0.25) is 0 Å². The van der Waals surface area contributed by atoms with E-state index in [2.05, 4.69) is 30.3 Å². The largest absolute Gasteiger partial charge is 0.303 e. The van der Waals surface area contributed by atoms with Crippen molar-refractivity contribution in [2.24, 2.45) is 23.7 Å². The van der Waals surface area contributed by atoms with Gasteiger partial charge >= 0.3 is 0 Å². The van der Waals surface area contributed by atoms with Gasteiger partial charge in [-0.15, -0.1) is 0 Å². The van der Waals surface area contributed by atoms with E-state index in [-0.39, 0.29) is 5.54 Å². The van der Waals surface area contributed by atoms with Gasteiger partial charge in [-0.25, -0.2) is 0 Å². The third-order valence-corrected chi connectivity index (χ3v) is 5.92. The van der Waals surface area contributed by atoms with Crippen LogP contribution in [0.3, 0.4) is 0 Å². The number of hydrogen-bond acceptors (Lipinski definition) is 3. The quantitative estimate of drug-likeness (QED) is 0.776. The third kappa shape index (κ3) is 2.73. The van der Waals surface area contributed by atoms with Crippen LogP contribution in [-0.2, 0) is 0 Å². The molecule has 3 saturated carbocycles. The van der Waals surface area contributed by atoms with E-state index in [4.69, 9.17) is 0 Å². The van der Waals surface area contributed by atoms with Crippen molar-refractivity contribution in [3.05, 3.63) is 0 Å². The maximum Gasteiger partial charge on any atom is 0.122 e. The first kappa shape index (κ1) is 14.4. The molecule has 0 radical (unpaired) electrons. The van der Waals surface area contributed by atoms with Crippen molar-refractivity contribution < 1.29 is 0 Å². The summed E-state index contributed by atoms with van der Waals surface area (Å²) in [6.45, 7) is 5.11. The topological polar surface area (TPSA) is 39.1 Å². The van der Waals surface area contributed by atoms with Crippen molar-refractivity contribution in [1.82, 2.24) is 10.2 Å². The Labute approximate surface area is 123 Å². The second kappa shape index (κ2) is 5.66. The smallest absolute Gasteiger partial charge is 0.122 e. The summed E-state index contributed by atoms with van der Waals surface area (Å²) in [7, 11) is 2.22. The molecule has 2 bridgehead atoms. The summed E-state index contributed by atoms with van der Waals surface area (Å²) in [6, 6.07) is 2.62. The lowest BCUT2D eigenvalue weighted by Crippen LogP contribution is -2.54. The lowest BCUT2D eigenvalue weighted by molar-refractivity contribution is 0.177. The molecule has 0 aromatic heterocycles. The van der Waals surface area contributed by atoms with Crippen LogP contribution < -0.4 is 5.32 Å². The molecule has 0 aromatic carbocycles. The molecular formula is C17H29N3. The molecule has 0 aliphatic heterocycles. The van der Waals surface area contributed by atoms with Gasteiger partial charge in [-0.05, 0) is 69.4 Å². The van der Waals surface area contributed by atoms with Gasteiger partial charge in [0.2, 0.25) is 0 Å². The van der Waals surface area contributed by atoms with E-state index in [1.807, 2.05) is 0 Å². The molecule has 3 nitrogen and oxygen atoms in total. The van der Waals surface area contributed by atoms with Crippen LogP contribution in [0.5, 0.6) is 0 Å². The number of rotatable bonds is 7. The van der Waals surface area contributed by atoms with Crippen LogP contribution in [0.15, 0.2) is 0 Å². The second-order valence-corrected chi connectivity index (χ2v) is 7.52. The SMILES string of the molecule is CCNC(C#N)(CN(C)CC1CC2CCC1C2)C1CC1. The molecule has 3 fully saturated rings. The summed E-state index contributed by atoms with van der Waals surface area (Å²) in [5, 5.41) is 13.2. The number of fused-ring (bicyclic) bond motifs is 2. The predicted octanol–water partition coefficient (Wildman–Crippen LogP) is 2.64. The molecule has 0 amide bonds. The highest BCUT2D eigenvalue weighted by molar-refractivity contribution is 5.16. The Morgan fingerprint density at radius 2 is 2.05 bits per heavy atom. The molecule has 0 aromatic rings. The van der Waals surface area contributed by atoms with Crippen LogP contribution in [0.4, 0.5) is 0 Å². The summed E-state index contributed by atoms with van der Waals surface area (Å²) < 4.78 is 0. The summed E-state index contributed by atoms with van der Waals surface area (Å²) in [6.07, 6.45) is 8.32. The number of hydrogen-bond donors (Lipinski definition) is 1. The average Bonchev–Trinajstić information content (AvgIpc) is 3.10. The summed E-state index contributed by atoms with van der Waals surface area (Å²) in [4.78, 5) is 2.44. The highest BCUT2D eigenvalue weighted by Gasteiger charge is 2.46. The Hall–Kier alpha value is -0.590. The van der Waals surface area contributed by atoms with Crippen molar-refractivity contribution in [3.63, 3.8) is 0 Å². The highest BCUT2D eigenvalue weighted by Crippen LogP contribution is 2.48. The van der Waals surface area contributed by atoms with Gasteiger partial charge in [-0.1, -0.05) is 13.3 Å². The summed E-state index contributed by atoms with van der Waals surface area (Å²) in [5.74, 6) is 3.49. The van der Waals surface area contributed by atoms with Crippen LogP contribution in [0.25, 0.3) is 0 Å². The fraction of sp³-hybridized carbons (Fsp3) is 0.941. The van der Waals surface area contributed by atoms with Crippen molar-refractivity contribution in [2.45, 2.75) is 51.0 Å². The Balaban J connectivity index is 1.56. The van der Waals surface area contributed by atoms with E-state index >= 15 is 0 Å². The molecule has 4 unspecified atom stereocenters. The predicted molar refractivity (Wildman–Crippen MR) is 81.2 cm³/mol. The first-order valence-corrected chi connectivity index (χ1v) is 8.51. The number of likely N-dealkylation sites (N-methyl/N-ethyl adjacent to an activating group) is 2. The van der Waals surface area contributed by atoms with E-state index in [9.17, 15) is 5.26 Å². The Kier molecular flexibility index (Phi) is 4.06. The van der Waals surface area contributed by atoms with E-state index in [1.165, 1.54) is 45.1 Å². The van der Waals surface area contributed by atoms with Gasteiger partial charge in [0.1, 0.15) is 5.54 Å². The molecule has 20 heavy (non-hydrogen) atoms. The van der Waals surface area contributed by atoms with E-state index < -0.39 is 0 Å². The number of nitrogens with zero attached hydrogens (tertiary/aromatic N) is 2. The molecule has 3 aliphatic carbocycles. The van der Waals surface area contributed by atoms with Crippen LogP contribution in [0.1, 0.15) is 45.4 Å². The molecule has 0 saturated heterocycles. The Morgan fingerprint density at radius 3 is 2.55 bits per heavy atom. The molecule has 4 atom stereocenters. The molecule has 0 spiro atoms. The molecule has 1 N–H and O–H groups in total.